The first-order valence-corrected chi connectivity index (χ1v) is 16.2. The van der Waals surface area contributed by atoms with E-state index in [1.807, 2.05) is 13.8 Å². The van der Waals surface area contributed by atoms with Gasteiger partial charge in [-0.1, -0.05) is 26.7 Å². The Kier molecular flexibility index (Phi) is 11.4. The second kappa shape index (κ2) is 16.1. The SMILES string of the molecule is CCCCc1nn(-c2nc(OC)nc(-n3nc(CCCC)c(/N=N/c4c(C(=O)OC)cnn4C)c3N)n2)c(N)c1/N=N/c1c(C(=O)CO)cnn1C. The van der Waals surface area contributed by atoms with Crippen molar-refractivity contribution in [1.29, 1.82) is 0 Å². The van der Waals surface area contributed by atoms with Gasteiger partial charge in [0.1, 0.15) is 12.2 Å². The topological polar surface area (TPSA) is 284 Å². The van der Waals surface area contributed by atoms with Crippen molar-refractivity contribution < 1.29 is 24.2 Å². The Hall–Kier alpha value is -6.45. The molecule has 22 heteroatoms. The zero-order valence-electron chi connectivity index (χ0n) is 29.5. The summed E-state index contributed by atoms with van der Waals surface area (Å²) >= 11 is 0. The van der Waals surface area contributed by atoms with Crippen LogP contribution in [-0.4, -0.2) is 91.8 Å². The monoisotopic (exact) mass is 717 g/mol. The van der Waals surface area contributed by atoms with E-state index >= 15 is 0 Å². The van der Waals surface area contributed by atoms with Crippen LogP contribution < -0.4 is 16.2 Å². The van der Waals surface area contributed by atoms with Gasteiger partial charge in [0.05, 0.1) is 43.6 Å². The number of nitrogen functional groups attached to an aromatic ring is 2. The van der Waals surface area contributed by atoms with Gasteiger partial charge in [0.25, 0.3) is 11.9 Å². The number of aliphatic hydroxyl groups is 1. The molecule has 5 aromatic rings. The predicted molar refractivity (Wildman–Crippen MR) is 184 cm³/mol. The number of aromatic nitrogens is 11. The van der Waals surface area contributed by atoms with Crippen LogP contribution in [-0.2, 0) is 31.7 Å². The molecule has 0 aliphatic heterocycles. The molecule has 0 aliphatic rings. The van der Waals surface area contributed by atoms with E-state index in [4.69, 9.17) is 20.9 Å². The molecule has 0 aliphatic carbocycles. The van der Waals surface area contributed by atoms with Crippen molar-refractivity contribution in [3.8, 4) is 17.9 Å². The summed E-state index contributed by atoms with van der Waals surface area (Å²) in [6.07, 6.45) is 6.85. The van der Waals surface area contributed by atoms with Crippen molar-refractivity contribution in [1.82, 2.24) is 54.1 Å². The molecule has 5 N–H and O–H groups in total. The number of azo groups is 2. The average molecular weight is 718 g/mol. The van der Waals surface area contributed by atoms with Gasteiger partial charge in [-0.2, -0.15) is 44.7 Å². The molecule has 274 valence electrons. The van der Waals surface area contributed by atoms with Crippen LogP contribution >= 0.6 is 0 Å². The lowest BCUT2D eigenvalue weighted by atomic mass is 10.2. The number of rotatable bonds is 16. The van der Waals surface area contributed by atoms with Crippen LogP contribution in [0, 0.1) is 0 Å². The van der Waals surface area contributed by atoms with Gasteiger partial charge in [-0.3, -0.25) is 4.79 Å². The third kappa shape index (κ3) is 7.35. The van der Waals surface area contributed by atoms with Crippen LogP contribution in [0.5, 0.6) is 6.01 Å². The molecule has 0 saturated carbocycles. The first-order chi connectivity index (χ1) is 25.1. The standard InChI is InChI=1S/C30H39N17O5/c1-7-9-11-18-21(38-40-25-16(20(49)15-48)13-33-44(25)3)23(31)46(42-18)28-35-29(37-30(36-28)52-6)47-24(32)22(19(43-47)12-10-8-2)39-41-26-17(27(50)51-5)14-34-45(26)4/h13-14,48H,7-12,15,31-32H2,1-6H3/b40-38+,41-39+. The molecule has 5 rings (SSSR count). The number of ether oxygens (including phenoxy) is 2. The number of unbranched alkanes of at least 4 members (excludes halogenated alkanes) is 2. The molecule has 22 nitrogen and oxygen atoms in total. The first kappa shape index (κ1) is 36.8. The van der Waals surface area contributed by atoms with Gasteiger partial charge < -0.3 is 26.0 Å². The minimum Gasteiger partial charge on any atom is -0.467 e. The fourth-order valence-corrected chi connectivity index (χ4v) is 4.93. The zero-order chi connectivity index (χ0) is 37.5. The summed E-state index contributed by atoms with van der Waals surface area (Å²) in [5.41, 5.74) is 14.9. The molecule has 5 heterocycles. The highest BCUT2D eigenvalue weighted by molar-refractivity contribution is 6.00. The van der Waals surface area contributed by atoms with Crippen LogP contribution in [0.1, 0.15) is 71.6 Å². The molecule has 5 aromatic heterocycles. The van der Waals surface area contributed by atoms with Gasteiger partial charge in [0.15, 0.2) is 40.4 Å². The average Bonchev–Trinajstić information content (AvgIpc) is 3.89. The fraction of sp³-hybridized carbons (Fsp3) is 0.433. The Morgan fingerprint density at radius 1 is 0.769 bits per heavy atom. The van der Waals surface area contributed by atoms with E-state index in [0.29, 0.717) is 24.2 Å². The van der Waals surface area contributed by atoms with Crippen LogP contribution in [0.4, 0.5) is 34.6 Å². The van der Waals surface area contributed by atoms with Gasteiger partial charge in [-0.25, -0.2) is 14.2 Å². The number of ketones is 1. The lowest BCUT2D eigenvalue weighted by molar-refractivity contribution is 0.0601. The van der Waals surface area contributed by atoms with Crippen LogP contribution in [0.3, 0.4) is 0 Å². The number of carbonyl (C=O) groups excluding carboxylic acids is 2. The minimum absolute atomic E-state index is 0.0374. The molecule has 52 heavy (non-hydrogen) atoms. The number of methoxy groups -OCH3 is 2. The molecule has 0 atom stereocenters. The second-order valence-corrected chi connectivity index (χ2v) is 11.3. The number of esters is 1. The smallest absolute Gasteiger partial charge is 0.343 e. The number of anilines is 2. The highest BCUT2D eigenvalue weighted by Gasteiger charge is 2.25. The lowest BCUT2D eigenvalue weighted by Crippen LogP contribution is -2.14. The normalized spacial score (nSPS) is 11.7. The quantitative estimate of drug-likeness (QED) is 0.0749. The lowest BCUT2D eigenvalue weighted by Gasteiger charge is -2.08. The Balaban J connectivity index is 1.61. The summed E-state index contributed by atoms with van der Waals surface area (Å²) in [4.78, 5) is 37.9. The van der Waals surface area contributed by atoms with Crippen molar-refractivity contribution in [3.63, 3.8) is 0 Å². The maximum atomic E-state index is 12.3. The molecule has 0 unspecified atom stereocenters. The Morgan fingerprint density at radius 3 is 1.69 bits per heavy atom. The fourth-order valence-electron chi connectivity index (χ4n) is 4.93. The summed E-state index contributed by atoms with van der Waals surface area (Å²) in [6.45, 7) is 3.34. The maximum absolute atomic E-state index is 12.3. The van der Waals surface area contributed by atoms with Gasteiger partial charge in [0, 0.05) is 14.1 Å². The highest BCUT2D eigenvalue weighted by Crippen LogP contribution is 2.35. The molecule has 0 saturated heterocycles. The van der Waals surface area contributed by atoms with Gasteiger partial charge in [0.2, 0.25) is 0 Å². The Bertz CT molecular complexity index is 2000. The summed E-state index contributed by atoms with van der Waals surface area (Å²) in [6, 6.07) is -0.0963. The molecule has 0 radical (unpaired) electrons. The third-order valence-corrected chi connectivity index (χ3v) is 7.77. The van der Waals surface area contributed by atoms with Crippen molar-refractivity contribution in [2.45, 2.75) is 52.4 Å². The number of hydrogen-bond donors (Lipinski definition) is 3. The number of aliphatic hydroxyl groups excluding tert-OH is 1. The van der Waals surface area contributed by atoms with Crippen molar-refractivity contribution in [2.24, 2.45) is 34.6 Å². The number of aryl methyl sites for hydroxylation is 4. The van der Waals surface area contributed by atoms with Crippen molar-refractivity contribution >= 4 is 46.4 Å². The van der Waals surface area contributed by atoms with E-state index in [-0.39, 0.29) is 63.7 Å². The summed E-state index contributed by atoms with van der Waals surface area (Å²) < 4.78 is 15.5. The molecular weight excluding hydrogens is 678 g/mol. The molecule has 0 aromatic carbocycles. The first-order valence-electron chi connectivity index (χ1n) is 16.2. The molecule has 0 fully saturated rings. The molecule has 0 bridgehead atoms. The minimum atomic E-state index is -0.717. The zero-order valence-corrected chi connectivity index (χ0v) is 29.5. The van der Waals surface area contributed by atoms with Gasteiger partial charge in [-0.15, -0.1) is 20.5 Å². The van der Waals surface area contributed by atoms with Crippen molar-refractivity contribution in [3.05, 3.63) is 34.9 Å². The molecule has 0 spiro atoms. The third-order valence-electron chi connectivity index (χ3n) is 7.77. The van der Waals surface area contributed by atoms with E-state index in [1.165, 1.54) is 45.3 Å². The van der Waals surface area contributed by atoms with E-state index < -0.39 is 18.4 Å². The summed E-state index contributed by atoms with van der Waals surface area (Å²) in [7, 11) is 5.84. The van der Waals surface area contributed by atoms with Crippen LogP contribution in [0.2, 0.25) is 0 Å². The van der Waals surface area contributed by atoms with Crippen LogP contribution in [0.15, 0.2) is 32.9 Å². The Labute approximate surface area is 296 Å². The Morgan fingerprint density at radius 2 is 1.25 bits per heavy atom. The largest absolute Gasteiger partial charge is 0.467 e. The van der Waals surface area contributed by atoms with Crippen LogP contribution in [0.25, 0.3) is 11.9 Å². The van der Waals surface area contributed by atoms with E-state index in [2.05, 4.69) is 55.8 Å². The van der Waals surface area contributed by atoms with Gasteiger partial charge in [-0.05, 0) is 25.7 Å². The number of nitrogens with zero attached hydrogens (tertiary/aromatic N) is 15. The molecular formula is C30H39N17O5. The highest BCUT2D eigenvalue weighted by atomic mass is 16.5. The summed E-state index contributed by atoms with van der Waals surface area (Å²) in [5, 5.41) is 44.1. The van der Waals surface area contributed by atoms with E-state index in [1.54, 1.807) is 14.1 Å². The summed E-state index contributed by atoms with van der Waals surface area (Å²) in [5.74, 6) is -0.897. The maximum Gasteiger partial charge on any atom is 0.343 e. The van der Waals surface area contributed by atoms with Gasteiger partial charge >= 0.3 is 12.0 Å². The number of Topliss-reactive ketones (excluding diaryl/α,β-unsaturated/α-hetero) is 1. The number of hydrogen-bond acceptors (Lipinski definition) is 18. The van der Waals surface area contributed by atoms with E-state index in [9.17, 15) is 14.7 Å². The second-order valence-electron chi connectivity index (χ2n) is 11.3. The number of nitrogens with two attached hydrogens (primary N) is 2. The van der Waals surface area contributed by atoms with E-state index in [0.717, 1.165) is 25.7 Å². The van der Waals surface area contributed by atoms with Crippen molar-refractivity contribution in [2.75, 3.05) is 32.3 Å². The molecule has 0 amide bonds. The number of carbonyl (C=O) groups is 2. The predicted octanol–water partition coefficient (Wildman–Crippen LogP) is 3.36.